The molecule has 1 aliphatic heterocycles. The van der Waals surface area contributed by atoms with Gasteiger partial charge in [0.15, 0.2) is 0 Å². The highest BCUT2D eigenvalue weighted by Gasteiger charge is 2.14. The van der Waals surface area contributed by atoms with Crippen LogP contribution in [-0.2, 0) is 16.4 Å². The highest BCUT2D eigenvalue weighted by atomic mass is 35.5. The average Bonchev–Trinajstić information content (AvgIpc) is 2.30. The number of hydrogen-bond donors (Lipinski definition) is 2. The van der Waals surface area contributed by atoms with Crippen molar-refractivity contribution in [3.8, 4) is 0 Å². The summed E-state index contributed by atoms with van der Waals surface area (Å²) in [6.07, 6.45) is 3.40. The second-order valence-corrected chi connectivity index (χ2v) is 6.15. The van der Waals surface area contributed by atoms with E-state index in [1.54, 1.807) is 12.1 Å². The molecular formula is C12H19ClN2O2S. The fourth-order valence-corrected chi connectivity index (χ4v) is 2.75. The largest absolute Gasteiger partial charge is 0.317 e. The van der Waals surface area contributed by atoms with Gasteiger partial charge >= 0.3 is 0 Å². The lowest BCUT2D eigenvalue weighted by Crippen LogP contribution is -2.28. The second-order valence-electron chi connectivity index (χ2n) is 4.59. The summed E-state index contributed by atoms with van der Waals surface area (Å²) in [6.45, 7) is 2.17. The number of piperidine rings is 1. The predicted octanol–water partition coefficient (Wildman–Crippen LogP) is 1.30. The maximum Gasteiger partial charge on any atom is 0.238 e. The minimum Gasteiger partial charge on any atom is -0.317 e. The highest BCUT2D eigenvalue weighted by Crippen LogP contribution is 2.19. The Bertz CT molecular complexity index is 467. The molecule has 1 saturated heterocycles. The first-order chi connectivity index (χ1) is 8.05. The minimum atomic E-state index is -3.56. The summed E-state index contributed by atoms with van der Waals surface area (Å²) in [7, 11) is -3.56. The van der Waals surface area contributed by atoms with E-state index in [2.05, 4.69) is 5.32 Å². The molecule has 1 fully saturated rings. The zero-order valence-corrected chi connectivity index (χ0v) is 11.8. The summed E-state index contributed by atoms with van der Waals surface area (Å²) in [4.78, 5) is 0.187. The van der Waals surface area contributed by atoms with Gasteiger partial charge in [-0.2, -0.15) is 0 Å². The third kappa shape index (κ3) is 4.24. The Balaban J connectivity index is 0.00000162. The van der Waals surface area contributed by atoms with E-state index in [-0.39, 0.29) is 17.3 Å². The molecule has 0 atom stereocenters. The van der Waals surface area contributed by atoms with Crippen LogP contribution in [0.5, 0.6) is 0 Å². The van der Waals surface area contributed by atoms with E-state index in [9.17, 15) is 8.42 Å². The first-order valence-electron chi connectivity index (χ1n) is 5.88. The maximum absolute atomic E-state index is 11.1. The van der Waals surface area contributed by atoms with Crippen LogP contribution in [0.3, 0.4) is 0 Å². The fourth-order valence-electron chi connectivity index (χ4n) is 2.23. The maximum atomic E-state index is 11.1. The number of halogens is 1. The molecular weight excluding hydrogens is 272 g/mol. The number of primary sulfonamides is 1. The van der Waals surface area contributed by atoms with Gasteiger partial charge in [-0.3, -0.25) is 0 Å². The molecule has 3 N–H and O–H groups in total. The normalized spacial score (nSPS) is 17.2. The number of hydrogen-bond acceptors (Lipinski definition) is 3. The molecule has 102 valence electrons. The lowest BCUT2D eigenvalue weighted by Gasteiger charge is -2.22. The topological polar surface area (TPSA) is 72.2 Å². The van der Waals surface area contributed by atoms with Crippen molar-refractivity contribution in [1.29, 1.82) is 0 Å². The molecule has 4 nitrogen and oxygen atoms in total. The number of benzene rings is 1. The fraction of sp³-hybridized carbons (Fsp3) is 0.500. The molecule has 2 rings (SSSR count). The van der Waals surface area contributed by atoms with Gasteiger partial charge in [0.25, 0.3) is 0 Å². The van der Waals surface area contributed by atoms with Crippen molar-refractivity contribution in [2.75, 3.05) is 13.1 Å². The van der Waals surface area contributed by atoms with Gasteiger partial charge in [0.05, 0.1) is 4.90 Å². The molecule has 0 unspecified atom stereocenters. The van der Waals surface area contributed by atoms with Gasteiger partial charge in [0.1, 0.15) is 0 Å². The van der Waals surface area contributed by atoms with E-state index in [0.29, 0.717) is 5.92 Å². The van der Waals surface area contributed by atoms with E-state index < -0.39 is 10.0 Å². The van der Waals surface area contributed by atoms with Crippen molar-refractivity contribution in [3.05, 3.63) is 29.8 Å². The summed E-state index contributed by atoms with van der Waals surface area (Å²) in [5.74, 6) is 0.705. The Kier molecular flexibility index (Phi) is 5.59. The van der Waals surface area contributed by atoms with Crippen LogP contribution in [0.1, 0.15) is 18.4 Å². The van der Waals surface area contributed by atoms with Crippen molar-refractivity contribution in [1.82, 2.24) is 5.32 Å². The van der Waals surface area contributed by atoms with Crippen molar-refractivity contribution >= 4 is 22.4 Å². The van der Waals surface area contributed by atoms with Gasteiger partial charge in [-0.1, -0.05) is 12.1 Å². The average molecular weight is 291 g/mol. The summed E-state index contributed by atoms with van der Waals surface area (Å²) in [6, 6.07) is 6.90. The van der Waals surface area contributed by atoms with Crippen LogP contribution in [0.15, 0.2) is 29.2 Å². The monoisotopic (exact) mass is 290 g/mol. The minimum absolute atomic E-state index is 0. The lowest BCUT2D eigenvalue weighted by atomic mass is 9.91. The number of nitrogens with two attached hydrogens (primary N) is 1. The molecule has 0 aromatic heterocycles. The van der Waals surface area contributed by atoms with Gasteiger partial charge in [0.2, 0.25) is 10.0 Å². The van der Waals surface area contributed by atoms with Crippen LogP contribution in [0.25, 0.3) is 0 Å². The molecule has 1 aromatic rings. The molecule has 0 radical (unpaired) electrons. The van der Waals surface area contributed by atoms with Gasteiger partial charge in [0, 0.05) is 0 Å². The molecule has 1 aromatic carbocycles. The number of sulfonamides is 1. The van der Waals surface area contributed by atoms with E-state index in [0.717, 1.165) is 19.5 Å². The highest BCUT2D eigenvalue weighted by molar-refractivity contribution is 7.89. The van der Waals surface area contributed by atoms with Crippen molar-refractivity contribution in [3.63, 3.8) is 0 Å². The Labute approximate surface area is 114 Å². The number of nitrogens with one attached hydrogen (secondary N) is 1. The Morgan fingerprint density at radius 2 is 1.72 bits per heavy atom. The SMILES string of the molecule is Cl.NS(=O)(=O)c1ccc(CC2CCNCC2)cc1. The van der Waals surface area contributed by atoms with Crippen molar-refractivity contribution in [2.24, 2.45) is 11.1 Å². The summed E-state index contributed by atoms with van der Waals surface area (Å²) < 4.78 is 22.2. The van der Waals surface area contributed by atoms with Gasteiger partial charge in [-0.25, -0.2) is 13.6 Å². The first kappa shape index (κ1) is 15.4. The second kappa shape index (κ2) is 6.52. The molecule has 18 heavy (non-hydrogen) atoms. The zero-order valence-electron chi connectivity index (χ0n) is 10.1. The molecule has 0 spiro atoms. The van der Waals surface area contributed by atoms with Crippen LogP contribution >= 0.6 is 12.4 Å². The summed E-state index contributed by atoms with van der Waals surface area (Å²) in [5, 5.41) is 8.39. The lowest BCUT2D eigenvalue weighted by molar-refractivity contribution is 0.372. The molecule has 0 bridgehead atoms. The smallest absolute Gasteiger partial charge is 0.238 e. The third-order valence-corrected chi connectivity index (χ3v) is 4.16. The Morgan fingerprint density at radius 1 is 1.17 bits per heavy atom. The van der Waals surface area contributed by atoms with Gasteiger partial charge in [-0.05, 0) is 56.0 Å². The molecule has 1 aliphatic rings. The standard InChI is InChI=1S/C12H18N2O2S.ClH/c13-17(15,16)12-3-1-10(2-4-12)9-11-5-7-14-8-6-11;/h1-4,11,14H,5-9H2,(H2,13,15,16);1H. The quantitative estimate of drug-likeness (QED) is 0.881. The van der Waals surface area contributed by atoms with E-state index >= 15 is 0 Å². The van der Waals surface area contributed by atoms with Gasteiger partial charge in [-0.15, -0.1) is 12.4 Å². The van der Waals surface area contributed by atoms with E-state index in [4.69, 9.17) is 5.14 Å². The van der Waals surface area contributed by atoms with E-state index in [1.165, 1.54) is 18.4 Å². The summed E-state index contributed by atoms with van der Waals surface area (Å²) >= 11 is 0. The zero-order chi connectivity index (χ0) is 12.3. The predicted molar refractivity (Wildman–Crippen MR) is 74.4 cm³/mol. The van der Waals surface area contributed by atoms with Crippen LogP contribution in [0.4, 0.5) is 0 Å². The third-order valence-electron chi connectivity index (χ3n) is 3.23. The molecule has 0 saturated carbocycles. The van der Waals surface area contributed by atoms with Crippen molar-refractivity contribution in [2.45, 2.75) is 24.2 Å². The summed E-state index contributed by atoms with van der Waals surface area (Å²) in [5.41, 5.74) is 1.18. The molecule has 1 heterocycles. The van der Waals surface area contributed by atoms with Gasteiger partial charge < -0.3 is 5.32 Å². The Morgan fingerprint density at radius 3 is 2.22 bits per heavy atom. The van der Waals surface area contributed by atoms with Crippen LogP contribution in [-0.4, -0.2) is 21.5 Å². The van der Waals surface area contributed by atoms with Crippen molar-refractivity contribution < 1.29 is 8.42 Å². The first-order valence-corrected chi connectivity index (χ1v) is 7.43. The Hall–Kier alpha value is -0.620. The van der Waals surface area contributed by atoms with E-state index in [1.807, 2.05) is 12.1 Å². The van der Waals surface area contributed by atoms with Crippen LogP contribution < -0.4 is 10.5 Å². The molecule has 0 aliphatic carbocycles. The van der Waals surface area contributed by atoms with Crippen LogP contribution in [0.2, 0.25) is 0 Å². The number of rotatable bonds is 3. The molecule has 0 amide bonds. The van der Waals surface area contributed by atoms with Crippen LogP contribution in [0, 0.1) is 5.92 Å². The molecule has 6 heteroatoms.